The van der Waals surface area contributed by atoms with Crippen LogP contribution in [0, 0.1) is 5.41 Å². The van der Waals surface area contributed by atoms with Gasteiger partial charge in [-0.05, 0) is 43.4 Å². The molecular weight excluding hydrogens is 392 g/mol. The monoisotopic (exact) mass is 424 g/mol. The lowest BCUT2D eigenvalue weighted by Gasteiger charge is -2.27. The van der Waals surface area contributed by atoms with Crippen molar-refractivity contribution >= 4 is 16.0 Å². The lowest BCUT2D eigenvalue weighted by molar-refractivity contribution is 0.127. The Balaban J connectivity index is 1.53. The van der Waals surface area contributed by atoms with Crippen molar-refractivity contribution in [3.05, 3.63) is 29.8 Å². The molecule has 29 heavy (non-hydrogen) atoms. The molecule has 8 nitrogen and oxygen atoms in total. The summed E-state index contributed by atoms with van der Waals surface area (Å²) in [5.74, 6) is 0.669. The standard InChI is InChI=1S/C20H32N4O4S/c1-21-19(23-15-20(8-12-25)9-13-28-16-20)22-14-17-4-6-18(7-5-17)29(26,27)24-10-2-3-11-24/h4-7,25H,2-3,8-16H2,1H3,(H2,21,22,23). The molecule has 1 unspecified atom stereocenters. The van der Waals surface area contributed by atoms with E-state index in [-0.39, 0.29) is 12.0 Å². The summed E-state index contributed by atoms with van der Waals surface area (Å²) in [6.07, 6.45) is 3.48. The Morgan fingerprint density at radius 2 is 1.97 bits per heavy atom. The molecule has 1 aromatic rings. The van der Waals surface area contributed by atoms with Gasteiger partial charge < -0.3 is 20.5 Å². The number of rotatable bonds is 8. The maximum Gasteiger partial charge on any atom is 0.243 e. The number of nitrogens with zero attached hydrogens (tertiary/aromatic N) is 2. The average molecular weight is 425 g/mol. The summed E-state index contributed by atoms with van der Waals surface area (Å²) >= 11 is 0. The highest BCUT2D eigenvalue weighted by atomic mass is 32.2. The first-order valence-corrected chi connectivity index (χ1v) is 11.7. The van der Waals surface area contributed by atoms with E-state index >= 15 is 0 Å². The Labute approximate surface area is 173 Å². The van der Waals surface area contributed by atoms with Gasteiger partial charge in [-0.25, -0.2) is 8.42 Å². The number of hydrogen-bond acceptors (Lipinski definition) is 5. The molecule has 0 amide bonds. The largest absolute Gasteiger partial charge is 0.396 e. The molecule has 2 saturated heterocycles. The van der Waals surface area contributed by atoms with Crippen molar-refractivity contribution < 1.29 is 18.3 Å². The summed E-state index contributed by atoms with van der Waals surface area (Å²) in [6.45, 7) is 3.94. The first-order valence-electron chi connectivity index (χ1n) is 10.2. The van der Waals surface area contributed by atoms with Crippen molar-refractivity contribution in [3.63, 3.8) is 0 Å². The van der Waals surface area contributed by atoms with Crippen LogP contribution in [0.4, 0.5) is 0 Å². The van der Waals surface area contributed by atoms with E-state index in [4.69, 9.17) is 4.74 Å². The maximum atomic E-state index is 12.6. The topological polar surface area (TPSA) is 103 Å². The van der Waals surface area contributed by atoms with Crippen LogP contribution in [0.3, 0.4) is 0 Å². The lowest BCUT2D eigenvalue weighted by Crippen LogP contribution is -2.44. The van der Waals surface area contributed by atoms with Crippen molar-refractivity contribution in [2.24, 2.45) is 10.4 Å². The van der Waals surface area contributed by atoms with Gasteiger partial charge in [0.25, 0.3) is 0 Å². The molecule has 2 aliphatic rings. The van der Waals surface area contributed by atoms with Crippen LogP contribution in [0.15, 0.2) is 34.2 Å². The van der Waals surface area contributed by atoms with Gasteiger partial charge >= 0.3 is 0 Å². The van der Waals surface area contributed by atoms with Crippen LogP contribution in [0.25, 0.3) is 0 Å². The van der Waals surface area contributed by atoms with Crippen molar-refractivity contribution in [1.29, 1.82) is 0 Å². The van der Waals surface area contributed by atoms with Gasteiger partial charge in [-0.15, -0.1) is 0 Å². The second kappa shape index (κ2) is 9.88. The summed E-state index contributed by atoms with van der Waals surface area (Å²) < 4.78 is 32.3. The summed E-state index contributed by atoms with van der Waals surface area (Å²) in [5, 5.41) is 15.9. The fraction of sp³-hybridized carbons (Fsp3) is 0.650. The van der Waals surface area contributed by atoms with Crippen molar-refractivity contribution in [2.45, 2.75) is 37.1 Å². The Hall–Kier alpha value is -1.68. The number of benzene rings is 1. The number of aliphatic imine (C=N–C) groups is 1. The molecular formula is C20H32N4O4S. The number of guanidine groups is 1. The summed E-state index contributed by atoms with van der Waals surface area (Å²) in [5.41, 5.74) is 0.917. The first kappa shape index (κ1) is 22.0. The third kappa shape index (κ3) is 5.48. The van der Waals surface area contributed by atoms with Gasteiger partial charge in [0.2, 0.25) is 10.0 Å². The van der Waals surface area contributed by atoms with Gasteiger partial charge in [-0.3, -0.25) is 4.99 Å². The highest BCUT2D eigenvalue weighted by molar-refractivity contribution is 7.89. The third-order valence-electron chi connectivity index (χ3n) is 5.77. The average Bonchev–Trinajstić information content (AvgIpc) is 3.42. The molecule has 9 heteroatoms. The van der Waals surface area contributed by atoms with Crippen LogP contribution in [0.2, 0.25) is 0 Å². The zero-order valence-corrected chi connectivity index (χ0v) is 17.9. The highest BCUT2D eigenvalue weighted by Crippen LogP contribution is 2.31. The van der Waals surface area contributed by atoms with Crippen molar-refractivity contribution in [3.8, 4) is 0 Å². The first-order chi connectivity index (χ1) is 14.0. The zero-order chi connectivity index (χ0) is 20.7. The molecule has 2 heterocycles. The van der Waals surface area contributed by atoms with Crippen LogP contribution in [-0.2, 0) is 21.3 Å². The molecule has 0 bridgehead atoms. The summed E-state index contributed by atoms with van der Waals surface area (Å²) in [6, 6.07) is 7.02. The number of nitrogens with one attached hydrogen (secondary N) is 2. The minimum Gasteiger partial charge on any atom is -0.396 e. The number of hydrogen-bond donors (Lipinski definition) is 3. The van der Waals surface area contributed by atoms with Gasteiger partial charge in [-0.1, -0.05) is 12.1 Å². The molecule has 2 aliphatic heterocycles. The Morgan fingerprint density at radius 3 is 2.55 bits per heavy atom. The molecule has 2 fully saturated rings. The van der Waals surface area contributed by atoms with E-state index < -0.39 is 10.0 Å². The predicted molar refractivity (Wildman–Crippen MR) is 112 cm³/mol. The van der Waals surface area contributed by atoms with E-state index in [1.54, 1.807) is 23.5 Å². The molecule has 0 radical (unpaired) electrons. The molecule has 1 atom stereocenters. The van der Waals surface area contributed by atoms with Crippen LogP contribution in [0.5, 0.6) is 0 Å². The normalized spacial score (nSPS) is 23.4. The second-order valence-corrected chi connectivity index (χ2v) is 9.75. The van der Waals surface area contributed by atoms with Crippen LogP contribution < -0.4 is 10.6 Å². The van der Waals surface area contributed by atoms with Gasteiger partial charge in [0.05, 0.1) is 11.5 Å². The number of ether oxygens (including phenoxy) is 1. The van der Waals surface area contributed by atoms with E-state index in [2.05, 4.69) is 15.6 Å². The molecule has 162 valence electrons. The van der Waals surface area contributed by atoms with E-state index in [0.29, 0.717) is 50.1 Å². The van der Waals surface area contributed by atoms with E-state index in [1.165, 1.54) is 0 Å². The lowest BCUT2D eigenvalue weighted by atomic mass is 9.84. The Kier molecular flexibility index (Phi) is 7.50. The SMILES string of the molecule is CN=C(NCc1ccc(S(=O)(=O)N2CCCC2)cc1)NCC1(CCO)CCOC1. The number of aliphatic hydroxyl groups is 1. The van der Waals surface area contributed by atoms with Gasteiger partial charge in [0.15, 0.2) is 5.96 Å². The second-order valence-electron chi connectivity index (χ2n) is 7.81. The summed E-state index contributed by atoms with van der Waals surface area (Å²) in [7, 11) is -1.66. The van der Waals surface area contributed by atoms with E-state index in [0.717, 1.165) is 31.4 Å². The smallest absolute Gasteiger partial charge is 0.243 e. The Bertz CT molecular complexity index is 783. The van der Waals surface area contributed by atoms with Crippen LogP contribution >= 0.6 is 0 Å². The molecule has 0 spiro atoms. The predicted octanol–water partition coefficient (Wildman–Crippen LogP) is 0.925. The number of aliphatic hydroxyl groups excluding tert-OH is 1. The fourth-order valence-electron chi connectivity index (χ4n) is 3.85. The maximum absolute atomic E-state index is 12.6. The van der Waals surface area contributed by atoms with Crippen LogP contribution in [-0.4, -0.2) is 70.3 Å². The summed E-state index contributed by atoms with van der Waals surface area (Å²) in [4.78, 5) is 4.60. The fourth-order valence-corrected chi connectivity index (χ4v) is 5.36. The minimum atomic E-state index is -3.38. The highest BCUT2D eigenvalue weighted by Gasteiger charge is 2.34. The minimum absolute atomic E-state index is 0.0576. The van der Waals surface area contributed by atoms with Crippen molar-refractivity contribution in [1.82, 2.24) is 14.9 Å². The van der Waals surface area contributed by atoms with E-state index in [9.17, 15) is 13.5 Å². The number of sulfonamides is 1. The molecule has 0 saturated carbocycles. The zero-order valence-electron chi connectivity index (χ0n) is 17.1. The quantitative estimate of drug-likeness (QED) is 0.424. The van der Waals surface area contributed by atoms with Gasteiger partial charge in [-0.2, -0.15) is 4.31 Å². The molecule has 1 aromatic carbocycles. The molecule has 0 aliphatic carbocycles. The van der Waals surface area contributed by atoms with Crippen molar-refractivity contribution in [2.75, 3.05) is 46.5 Å². The molecule has 3 rings (SSSR count). The van der Waals surface area contributed by atoms with Gasteiger partial charge in [0.1, 0.15) is 0 Å². The van der Waals surface area contributed by atoms with Gasteiger partial charge in [0, 0.05) is 51.9 Å². The van der Waals surface area contributed by atoms with Crippen LogP contribution in [0.1, 0.15) is 31.2 Å². The third-order valence-corrected chi connectivity index (χ3v) is 7.68. The Morgan fingerprint density at radius 1 is 1.24 bits per heavy atom. The molecule has 0 aromatic heterocycles. The molecule has 3 N–H and O–H groups in total. The van der Waals surface area contributed by atoms with E-state index in [1.807, 2.05) is 12.1 Å².